The SMILES string of the molecule is c1ccc2c(c1)Cc1ccc(-c3cc(-c4ccc5c(c4)-c4ccccc4C5)c4ccc5c(-c6ccc7oc8ccccc8c7c6)cc(-c6ccc7oc8ccccc8c7c6)c6ccc3c4c65)cc1-2. The first kappa shape index (κ1) is 36.5. The molecule has 2 heterocycles. The highest BCUT2D eigenvalue weighted by Gasteiger charge is 2.25. The van der Waals surface area contributed by atoms with Crippen molar-refractivity contribution in [3.8, 4) is 66.8 Å². The Kier molecular flexibility index (Phi) is 7.21. The van der Waals surface area contributed by atoms with Crippen molar-refractivity contribution in [3.63, 3.8) is 0 Å². The molecule has 0 bridgehead atoms. The normalized spacial score (nSPS) is 12.9. The fraction of sp³-hybridized carbons (Fsp3) is 0.0303. The van der Waals surface area contributed by atoms with Gasteiger partial charge in [0.2, 0.25) is 0 Å². The molecule has 0 atom stereocenters. The van der Waals surface area contributed by atoms with Crippen molar-refractivity contribution >= 4 is 76.2 Å². The molecule has 314 valence electrons. The number of para-hydroxylation sites is 2. The van der Waals surface area contributed by atoms with Crippen molar-refractivity contribution in [3.05, 3.63) is 229 Å². The van der Waals surface area contributed by atoms with Gasteiger partial charge in [0.25, 0.3) is 0 Å². The standard InChI is InChI=1S/C66H38O2/c1-3-11-45-37(9-1)29-39-17-19-41(31-53(39)45)55-35-56(42-20-18-40-30-38-10-2-4-12-46(38)54(40)32-42)50-24-26-52-58(44-22-28-64-60(34-44)48-14-6-8-16-62(48)68-64)36-57(51-25-23-49(55)65(50)66(51)52)43-21-27-63-59(33-43)47-13-5-7-15-61(47)67-63/h1-28,31-36H,29-30H2. The summed E-state index contributed by atoms with van der Waals surface area (Å²) in [5.74, 6) is 0. The lowest BCUT2D eigenvalue weighted by Gasteiger charge is -2.22. The first-order valence-electron chi connectivity index (χ1n) is 23.7. The Labute approximate surface area is 391 Å². The number of fused-ring (bicyclic) bond motifs is 12. The summed E-state index contributed by atoms with van der Waals surface area (Å²) in [7, 11) is 0. The van der Waals surface area contributed by atoms with E-state index in [1.165, 1.54) is 110 Å². The van der Waals surface area contributed by atoms with Gasteiger partial charge in [-0.1, -0.05) is 146 Å². The van der Waals surface area contributed by atoms with Crippen molar-refractivity contribution in [1.82, 2.24) is 0 Å². The molecule has 2 aliphatic rings. The smallest absolute Gasteiger partial charge is 0.135 e. The second-order valence-electron chi connectivity index (χ2n) is 19.0. The Morgan fingerprint density at radius 2 is 0.574 bits per heavy atom. The Hall–Kier alpha value is -8.72. The predicted octanol–water partition coefficient (Wildman–Crippen LogP) is 18.2. The molecule has 16 rings (SSSR count). The van der Waals surface area contributed by atoms with E-state index in [4.69, 9.17) is 8.83 Å². The second kappa shape index (κ2) is 13.4. The molecule has 2 aromatic heterocycles. The summed E-state index contributed by atoms with van der Waals surface area (Å²) < 4.78 is 12.8. The molecule has 12 aromatic carbocycles. The van der Waals surface area contributed by atoms with Gasteiger partial charge in [-0.3, -0.25) is 0 Å². The number of hydrogen-bond acceptors (Lipinski definition) is 2. The summed E-state index contributed by atoms with van der Waals surface area (Å²) in [6, 6.07) is 77.0. The van der Waals surface area contributed by atoms with Gasteiger partial charge in [-0.25, -0.2) is 0 Å². The third-order valence-corrected chi connectivity index (χ3v) is 15.5. The van der Waals surface area contributed by atoms with Crippen LogP contribution in [0.1, 0.15) is 22.3 Å². The molecule has 2 aliphatic carbocycles. The summed E-state index contributed by atoms with van der Waals surface area (Å²) in [4.78, 5) is 0. The lowest BCUT2D eigenvalue weighted by atomic mass is 9.81. The molecule has 2 nitrogen and oxygen atoms in total. The molecule has 0 N–H and O–H groups in total. The van der Waals surface area contributed by atoms with Crippen LogP contribution in [0.25, 0.3) is 143 Å². The highest BCUT2D eigenvalue weighted by Crippen LogP contribution is 2.51. The first-order valence-corrected chi connectivity index (χ1v) is 23.7. The average Bonchev–Trinajstić information content (AvgIpc) is 4.17. The molecule has 14 aromatic rings. The van der Waals surface area contributed by atoms with Crippen LogP contribution in [0.15, 0.2) is 215 Å². The van der Waals surface area contributed by atoms with Crippen LogP contribution in [-0.4, -0.2) is 0 Å². The summed E-state index contributed by atoms with van der Waals surface area (Å²) in [5, 5.41) is 12.1. The van der Waals surface area contributed by atoms with Crippen LogP contribution in [0.3, 0.4) is 0 Å². The minimum absolute atomic E-state index is 0.897. The van der Waals surface area contributed by atoms with E-state index < -0.39 is 0 Å². The van der Waals surface area contributed by atoms with E-state index in [9.17, 15) is 0 Å². The van der Waals surface area contributed by atoms with Crippen LogP contribution in [0.2, 0.25) is 0 Å². The van der Waals surface area contributed by atoms with E-state index in [0.29, 0.717) is 0 Å². The van der Waals surface area contributed by atoms with E-state index in [2.05, 4.69) is 194 Å². The van der Waals surface area contributed by atoms with Crippen LogP contribution < -0.4 is 0 Å². The highest BCUT2D eigenvalue weighted by atomic mass is 16.3. The summed E-state index contributed by atoms with van der Waals surface area (Å²) >= 11 is 0. The van der Waals surface area contributed by atoms with E-state index >= 15 is 0 Å². The van der Waals surface area contributed by atoms with Gasteiger partial charge in [-0.15, -0.1) is 0 Å². The first-order chi connectivity index (χ1) is 33.7. The quantitative estimate of drug-likeness (QED) is 0.165. The summed E-state index contributed by atoms with van der Waals surface area (Å²) in [6.07, 6.45) is 1.94. The maximum Gasteiger partial charge on any atom is 0.135 e. The van der Waals surface area contributed by atoms with Gasteiger partial charge in [-0.2, -0.15) is 0 Å². The minimum Gasteiger partial charge on any atom is -0.456 e. The zero-order valence-corrected chi connectivity index (χ0v) is 36.9. The molecule has 0 unspecified atom stereocenters. The maximum atomic E-state index is 6.38. The van der Waals surface area contributed by atoms with Crippen LogP contribution >= 0.6 is 0 Å². The Morgan fingerprint density at radius 1 is 0.221 bits per heavy atom. The van der Waals surface area contributed by atoms with Gasteiger partial charge in [0.1, 0.15) is 22.3 Å². The number of furan rings is 2. The van der Waals surface area contributed by atoms with Gasteiger partial charge < -0.3 is 8.83 Å². The topological polar surface area (TPSA) is 26.3 Å². The molecule has 0 saturated carbocycles. The Morgan fingerprint density at radius 3 is 1.03 bits per heavy atom. The van der Waals surface area contributed by atoms with Crippen molar-refractivity contribution in [2.24, 2.45) is 0 Å². The highest BCUT2D eigenvalue weighted by molar-refractivity contribution is 6.32. The molecule has 0 saturated heterocycles. The van der Waals surface area contributed by atoms with E-state index in [1.807, 2.05) is 12.1 Å². The Balaban J connectivity index is 1.03. The fourth-order valence-electron chi connectivity index (χ4n) is 12.3. The minimum atomic E-state index is 0.897. The maximum absolute atomic E-state index is 6.38. The molecule has 0 fully saturated rings. The third kappa shape index (κ3) is 5.06. The van der Waals surface area contributed by atoms with Crippen LogP contribution in [-0.2, 0) is 12.8 Å². The van der Waals surface area contributed by atoms with Gasteiger partial charge >= 0.3 is 0 Å². The van der Waals surface area contributed by atoms with Crippen molar-refractivity contribution < 1.29 is 8.83 Å². The van der Waals surface area contributed by atoms with Gasteiger partial charge in [0, 0.05) is 21.5 Å². The summed E-state index contributed by atoms with van der Waals surface area (Å²) in [6.45, 7) is 0. The summed E-state index contributed by atoms with van der Waals surface area (Å²) in [5.41, 5.74) is 24.2. The van der Waals surface area contributed by atoms with E-state index in [1.54, 1.807) is 0 Å². The molecule has 2 heteroatoms. The molecular formula is C66H38O2. The van der Waals surface area contributed by atoms with Crippen molar-refractivity contribution in [2.75, 3.05) is 0 Å². The lowest BCUT2D eigenvalue weighted by molar-refractivity contribution is 0.668. The van der Waals surface area contributed by atoms with E-state index in [-0.39, 0.29) is 0 Å². The zero-order valence-electron chi connectivity index (χ0n) is 36.9. The molecule has 0 spiro atoms. The van der Waals surface area contributed by atoms with Gasteiger partial charge in [-0.05, 0) is 195 Å². The molecule has 0 aliphatic heterocycles. The molecule has 68 heavy (non-hydrogen) atoms. The number of benzene rings is 12. The number of hydrogen-bond donors (Lipinski definition) is 0. The van der Waals surface area contributed by atoms with Crippen LogP contribution in [0.5, 0.6) is 0 Å². The Bertz CT molecular complexity index is 4220. The van der Waals surface area contributed by atoms with Crippen molar-refractivity contribution in [2.45, 2.75) is 12.8 Å². The van der Waals surface area contributed by atoms with Gasteiger partial charge in [0.05, 0.1) is 0 Å². The molecule has 0 amide bonds. The second-order valence-corrected chi connectivity index (χ2v) is 19.0. The zero-order chi connectivity index (χ0) is 44.2. The largest absolute Gasteiger partial charge is 0.456 e. The van der Waals surface area contributed by atoms with E-state index in [0.717, 1.165) is 67.8 Å². The third-order valence-electron chi connectivity index (χ3n) is 15.5. The molecular weight excluding hydrogens is 825 g/mol. The molecule has 0 radical (unpaired) electrons. The van der Waals surface area contributed by atoms with Gasteiger partial charge in [0.15, 0.2) is 0 Å². The van der Waals surface area contributed by atoms with Crippen molar-refractivity contribution in [1.29, 1.82) is 0 Å². The number of rotatable bonds is 4. The van der Waals surface area contributed by atoms with Crippen LogP contribution in [0, 0.1) is 0 Å². The predicted molar refractivity (Wildman–Crippen MR) is 283 cm³/mol. The lowest BCUT2D eigenvalue weighted by Crippen LogP contribution is -1.95. The fourth-order valence-corrected chi connectivity index (χ4v) is 12.3. The van der Waals surface area contributed by atoms with Crippen LogP contribution in [0.4, 0.5) is 0 Å². The monoisotopic (exact) mass is 862 g/mol. The average molecular weight is 863 g/mol.